The largest absolute Gasteiger partial charge is 0.467 e. The van der Waals surface area contributed by atoms with Crippen molar-refractivity contribution in [2.45, 2.75) is 6.10 Å². The molecule has 0 aliphatic carbocycles. The van der Waals surface area contributed by atoms with Crippen LogP contribution in [-0.4, -0.2) is 48.8 Å². The van der Waals surface area contributed by atoms with Crippen LogP contribution >= 0.6 is 11.3 Å². The number of carbonyl (C=O) groups is 1. The number of thiazole rings is 1. The summed E-state index contributed by atoms with van der Waals surface area (Å²) < 4.78 is 9.86. The fourth-order valence-corrected chi connectivity index (χ4v) is 2.35. The van der Waals surface area contributed by atoms with Gasteiger partial charge in [0.25, 0.3) is 0 Å². The first-order chi connectivity index (χ1) is 8.61. The number of carbonyl (C=O) groups excluding carboxylic acids is 1. The smallest absolute Gasteiger partial charge is 0.345 e. The van der Waals surface area contributed by atoms with E-state index in [-0.39, 0.29) is 11.5 Å². The van der Waals surface area contributed by atoms with Gasteiger partial charge in [-0.1, -0.05) is 0 Å². The SMILES string of the molecule is COC(=O)C1CN(c2ncc([N+](=O)[O-])s2)CCO1. The standard InChI is InChI=1S/C9H11N3O5S/c1-16-8(13)6-5-11(2-3-17-6)9-10-4-7(18-9)12(14)15/h4,6H,2-3,5H2,1H3. The van der Waals surface area contributed by atoms with Gasteiger partial charge in [0.15, 0.2) is 11.2 Å². The average molecular weight is 273 g/mol. The maximum absolute atomic E-state index is 11.4. The molecule has 1 saturated heterocycles. The summed E-state index contributed by atoms with van der Waals surface area (Å²) in [7, 11) is 1.29. The van der Waals surface area contributed by atoms with Gasteiger partial charge in [-0.25, -0.2) is 9.78 Å². The molecular weight excluding hydrogens is 262 g/mol. The van der Waals surface area contributed by atoms with Crippen molar-refractivity contribution in [3.8, 4) is 0 Å². The van der Waals surface area contributed by atoms with Crippen LogP contribution in [0.4, 0.5) is 10.1 Å². The second-order valence-corrected chi connectivity index (χ2v) is 4.55. The van der Waals surface area contributed by atoms with E-state index in [0.717, 1.165) is 11.3 Å². The summed E-state index contributed by atoms with van der Waals surface area (Å²) in [6.07, 6.45) is 0.537. The van der Waals surface area contributed by atoms with Gasteiger partial charge in [0.05, 0.1) is 25.2 Å². The van der Waals surface area contributed by atoms with Gasteiger partial charge < -0.3 is 14.4 Å². The van der Waals surface area contributed by atoms with Gasteiger partial charge in [0, 0.05) is 6.54 Å². The number of ether oxygens (including phenoxy) is 2. The summed E-state index contributed by atoms with van der Waals surface area (Å²) in [6, 6.07) is 0. The minimum Gasteiger partial charge on any atom is -0.467 e. The van der Waals surface area contributed by atoms with Crippen molar-refractivity contribution in [1.82, 2.24) is 4.98 Å². The Labute approximate surface area is 106 Å². The van der Waals surface area contributed by atoms with Crippen LogP contribution in [0.2, 0.25) is 0 Å². The normalized spacial score (nSPS) is 19.6. The maximum atomic E-state index is 11.4. The molecule has 0 radical (unpaired) electrons. The second-order valence-electron chi connectivity index (χ2n) is 3.57. The second kappa shape index (κ2) is 5.27. The highest BCUT2D eigenvalue weighted by molar-refractivity contribution is 7.18. The molecule has 18 heavy (non-hydrogen) atoms. The average Bonchev–Trinajstić information content (AvgIpc) is 2.88. The third kappa shape index (κ3) is 2.57. The zero-order chi connectivity index (χ0) is 13.1. The zero-order valence-electron chi connectivity index (χ0n) is 9.57. The van der Waals surface area contributed by atoms with Gasteiger partial charge in [-0.3, -0.25) is 10.1 Å². The van der Waals surface area contributed by atoms with Gasteiger partial charge in [-0.05, 0) is 11.3 Å². The number of nitro groups is 1. The summed E-state index contributed by atoms with van der Waals surface area (Å²) >= 11 is 0.977. The molecule has 0 bridgehead atoms. The molecular formula is C9H11N3O5S. The summed E-state index contributed by atoms with van der Waals surface area (Å²) in [5, 5.41) is 11.1. The lowest BCUT2D eigenvalue weighted by Gasteiger charge is -2.30. The van der Waals surface area contributed by atoms with Crippen LogP contribution in [0.25, 0.3) is 0 Å². The molecule has 1 unspecified atom stereocenters. The van der Waals surface area contributed by atoms with Crippen LogP contribution < -0.4 is 4.90 Å². The van der Waals surface area contributed by atoms with Crippen molar-refractivity contribution < 1.29 is 19.2 Å². The molecule has 2 heterocycles. The molecule has 0 aromatic carbocycles. The number of anilines is 1. The Balaban J connectivity index is 2.08. The Kier molecular flexibility index (Phi) is 3.72. The molecule has 0 saturated carbocycles. The van der Waals surface area contributed by atoms with E-state index in [9.17, 15) is 14.9 Å². The molecule has 1 atom stereocenters. The van der Waals surface area contributed by atoms with Crippen LogP contribution in [0.1, 0.15) is 0 Å². The van der Waals surface area contributed by atoms with Crippen molar-refractivity contribution in [2.24, 2.45) is 0 Å². The molecule has 1 fully saturated rings. The minimum atomic E-state index is -0.674. The number of hydrogen-bond donors (Lipinski definition) is 0. The summed E-state index contributed by atoms with van der Waals surface area (Å²) in [5.74, 6) is -0.453. The van der Waals surface area contributed by atoms with E-state index >= 15 is 0 Å². The van der Waals surface area contributed by atoms with E-state index < -0.39 is 17.0 Å². The quantitative estimate of drug-likeness (QED) is 0.447. The van der Waals surface area contributed by atoms with Gasteiger partial charge >= 0.3 is 11.0 Å². The predicted octanol–water partition coefficient (Wildman–Crippen LogP) is 0.429. The fourth-order valence-electron chi connectivity index (χ4n) is 1.58. The highest BCUT2D eigenvalue weighted by Gasteiger charge is 2.29. The Bertz CT molecular complexity index is 463. The number of morpholine rings is 1. The number of methoxy groups -OCH3 is 1. The van der Waals surface area contributed by atoms with Crippen LogP contribution in [0.15, 0.2) is 6.20 Å². The van der Waals surface area contributed by atoms with E-state index in [1.165, 1.54) is 13.3 Å². The fraction of sp³-hybridized carbons (Fsp3) is 0.556. The van der Waals surface area contributed by atoms with Crippen molar-refractivity contribution in [2.75, 3.05) is 31.7 Å². The van der Waals surface area contributed by atoms with Gasteiger partial charge in [-0.15, -0.1) is 0 Å². The molecule has 98 valence electrons. The van der Waals surface area contributed by atoms with E-state index in [2.05, 4.69) is 9.72 Å². The number of rotatable bonds is 3. The maximum Gasteiger partial charge on any atom is 0.345 e. The highest BCUT2D eigenvalue weighted by atomic mass is 32.1. The molecule has 0 spiro atoms. The summed E-state index contributed by atoms with van der Waals surface area (Å²) in [5.41, 5.74) is 0. The first-order valence-corrected chi connectivity index (χ1v) is 5.98. The summed E-state index contributed by atoms with van der Waals surface area (Å²) in [6.45, 7) is 1.18. The monoisotopic (exact) mass is 273 g/mol. The Morgan fingerprint density at radius 3 is 3.17 bits per heavy atom. The van der Waals surface area contributed by atoms with E-state index in [0.29, 0.717) is 18.3 Å². The van der Waals surface area contributed by atoms with E-state index in [1.807, 2.05) is 0 Å². The lowest BCUT2D eigenvalue weighted by Crippen LogP contribution is -2.46. The third-order valence-corrected chi connectivity index (χ3v) is 3.47. The van der Waals surface area contributed by atoms with Crippen molar-refractivity contribution >= 4 is 27.4 Å². The van der Waals surface area contributed by atoms with Crippen LogP contribution in [0.5, 0.6) is 0 Å². The highest BCUT2D eigenvalue weighted by Crippen LogP contribution is 2.29. The van der Waals surface area contributed by atoms with Crippen molar-refractivity contribution in [3.63, 3.8) is 0 Å². The molecule has 0 amide bonds. The van der Waals surface area contributed by atoms with Crippen molar-refractivity contribution in [1.29, 1.82) is 0 Å². The Morgan fingerprint density at radius 1 is 1.78 bits per heavy atom. The van der Waals surface area contributed by atoms with Crippen molar-refractivity contribution in [3.05, 3.63) is 16.3 Å². The molecule has 9 heteroatoms. The van der Waals surface area contributed by atoms with Crippen LogP contribution in [-0.2, 0) is 14.3 Å². The molecule has 2 rings (SSSR count). The summed E-state index contributed by atoms with van der Waals surface area (Å²) in [4.78, 5) is 27.2. The van der Waals surface area contributed by atoms with E-state index in [4.69, 9.17) is 4.74 Å². The van der Waals surface area contributed by atoms with Gasteiger partial charge in [0.2, 0.25) is 0 Å². The molecule has 1 aliphatic heterocycles. The first kappa shape index (κ1) is 12.7. The number of nitrogens with zero attached hydrogens (tertiary/aromatic N) is 3. The lowest BCUT2D eigenvalue weighted by atomic mass is 10.3. The third-order valence-electron chi connectivity index (χ3n) is 2.46. The minimum absolute atomic E-state index is 0.0221. The molecule has 1 aromatic rings. The number of hydrogen-bond acceptors (Lipinski definition) is 8. The molecule has 1 aliphatic rings. The topological polar surface area (TPSA) is 94.8 Å². The molecule has 0 N–H and O–H groups in total. The van der Waals surface area contributed by atoms with Crippen LogP contribution in [0, 0.1) is 10.1 Å². The van der Waals surface area contributed by atoms with Crippen LogP contribution in [0.3, 0.4) is 0 Å². The van der Waals surface area contributed by atoms with E-state index in [1.54, 1.807) is 4.90 Å². The lowest BCUT2D eigenvalue weighted by molar-refractivity contribution is -0.380. The van der Waals surface area contributed by atoms with Gasteiger partial charge in [-0.2, -0.15) is 0 Å². The predicted molar refractivity (Wildman–Crippen MR) is 62.7 cm³/mol. The Hall–Kier alpha value is -1.74. The zero-order valence-corrected chi connectivity index (χ0v) is 10.4. The number of aromatic nitrogens is 1. The molecule has 1 aromatic heterocycles. The first-order valence-electron chi connectivity index (χ1n) is 5.16. The van der Waals surface area contributed by atoms with Gasteiger partial charge in [0.1, 0.15) is 6.20 Å². The Morgan fingerprint density at radius 2 is 2.56 bits per heavy atom. The number of esters is 1. The molecule has 8 nitrogen and oxygen atoms in total.